The van der Waals surface area contributed by atoms with E-state index in [1.165, 1.54) is 23.5 Å². The monoisotopic (exact) mass is 526 g/mol. The number of carboxylic acid groups (broad SMARTS) is 1. The first-order chi connectivity index (χ1) is 16.6. The number of amides is 3. The summed E-state index contributed by atoms with van der Waals surface area (Å²) in [5.41, 5.74) is 6.80. The number of nitrogens with two attached hydrogens (primary N) is 1. The molecule has 0 aliphatic rings. The third kappa shape index (κ3) is 11.4. The Bertz CT molecular complexity index is 825. The summed E-state index contributed by atoms with van der Waals surface area (Å²) >= 11 is 2.99. The van der Waals surface area contributed by atoms with Crippen LogP contribution in [0.3, 0.4) is 0 Å². The van der Waals surface area contributed by atoms with Crippen LogP contribution in [0.15, 0.2) is 30.3 Å². The molecule has 9 nitrogen and oxygen atoms in total. The van der Waals surface area contributed by atoms with Crippen LogP contribution >= 0.6 is 23.5 Å². The number of carbonyl (C=O) groups is 4. The molecule has 0 bridgehead atoms. The molecule has 0 aliphatic heterocycles. The van der Waals surface area contributed by atoms with E-state index in [0.717, 1.165) is 5.56 Å². The predicted molar refractivity (Wildman–Crippen MR) is 142 cm³/mol. The van der Waals surface area contributed by atoms with Gasteiger partial charge in [0.1, 0.15) is 18.1 Å². The summed E-state index contributed by atoms with van der Waals surface area (Å²) < 4.78 is 0. The third-order valence-electron chi connectivity index (χ3n) is 5.41. The van der Waals surface area contributed by atoms with Crippen molar-refractivity contribution in [2.24, 2.45) is 11.7 Å². The number of carbonyl (C=O) groups excluding carboxylic acids is 3. The minimum absolute atomic E-state index is 0.121. The molecule has 0 saturated carbocycles. The van der Waals surface area contributed by atoms with Gasteiger partial charge in [0.25, 0.3) is 0 Å². The number of benzene rings is 1. The Morgan fingerprint density at radius 3 is 1.83 bits per heavy atom. The fourth-order valence-electron chi connectivity index (χ4n) is 3.17. The number of hydrogen-bond donors (Lipinski definition) is 5. The fourth-order valence-corrected chi connectivity index (χ4v) is 4.11. The Morgan fingerprint density at radius 2 is 1.31 bits per heavy atom. The van der Waals surface area contributed by atoms with Gasteiger partial charge in [-0.15, -0.1) is 0 Å². The van der Waals surface area contributed by atoms with Gasteiger partial charge >= 0.3 is 5.97 Å². The van der Waals surface area contributed by atoms with Crippen LogP contribution in [-0.4, -0.2) is 77.0 Å². The molecular formula is C24H38N4O5S2. The lowest BCUT2D eigenvalue weighted by atomic mass is 10.0. The Hall–Kier alpha value is -2.24. The van der Waals surface area contributed by atoms with E-state index < -0.39 is 47.9 Å². The summed E-state index contributed by atoms with van der Waals surface area (Å²) in [5.74, 6) is -1.65. The molecule has 1 rings (SSSR count). The molecule has 3 amide bonds. The van der Waals surface area contributed by atoms with E-state index in [0.29, 0.717) is 17.9 Å². The standard InChI is InChI=1S/C24H38N4O5S2/c1-15(2)20(25)23(31)28-19(14-16-8-6-5-7-9-16)22(30)26-17(10-12-34-3)21(29)27-18(24(32)33)11-13-35-4/h5-9,15,17-20H,10-14,25H2,1-4H3,(H,26,30)(H,27,29)(H,28,31)(H,32,33). The molecular weight excluding hydrogens is 488 g/mol. The normalized spacial score (nSPS) is 14.5. The fraction of sp³-hybridized carbons (Fsp3) is 0.583. The second-order valence-corrected chi connectivity index (χ2v) is 10.5. The van der Waals surface area contributed by atoms with E-state index in [4.69, 9.17) is 5.73 Å². The molecule has 0 saturated heterocycles. The van der Waals surface area contributed by atoms with Gasteiger partial charge in [0.2, 0.25) is 17.7 Å². The van der Waals surface area contributed by atoms with Gasteiger partial charge in [-0.1, -0.05) is 44.2 Å². The maximum atomic E-state index is 13.3. The van der Waals surface area contributed by atoms with Gasteiger partial charge in [-0.3, -0.25) is 14.4 Å². The summed E-state index contributed by atoms with van der Waals surface area (Å²) in [7, 11) is 0. The van der Waals surface area contributed by atoms with Gasteiger partial charge in [0.05, 0.1) is 6.04 Å². The molecule has 0 aliphatic carbocycles. The Balaban J connectivity index is 3.06. The Morgan fingerprint density at radius 1 is 0.829 bits per heavy atom. The van der Waals surface area contributed by atoms with Crippen LogP contribution in [0.25, 0.3) is 0 Å². The summed E-state index contributed by atoms with van der Waals surface area (Å²) in [6.45, 7) is 3.63. The highest BCUT2D eigenvalue weighted by Gasteiger charge is 2.30. The molecule has 1 aromatic rings. The molecule has 0 fully saturated rings. The zero-order valence-electron chi connectivity index (χ0n) is 20.8. The van der Waals surface area contributed by atoms with E-state index in [1.54, 1.807) is 0 Å². The first kappa shape index (κ1) is 30.8. The van der Waals surface area contributed by atoms with Crippen molar-refractivity contribution in [3.63, 3.8) is 0 Å². The maximum Gasteiger partial charge on any atom is 0.326 e. The van der Waals surface area contributed by atoms with Crippen molar-refractivity contribution < 1.29 is 24.3 Å². The Kier molecular flexibility index (Phi) is 14.5. The maximum absolute atomic E-state index is 13.3. The predicted octanol–water partition coefficient (Wildman–Crippen LogP) is 1.26. The SMILES string of the molecule is CSCCC(NC(=O)C(CCSC)NC(=O)C(Cc1ccccc1)NC(=O)C(N)C(C)C)C(=O)O. The molecule has 0 radical (unpaired) electrons. The van der Waals surface area contributed by atoms with Crippen LogP contribution in [0.1, 0.15) is 32.3 Å². The molecule has 35 heavy (non-hydrogen) atoms. The first-order valence-corrected chi connectivity index (χ1v) is 14.3. The number of rotatable bonds is 16. The topological polar surface area (TPSA) is 151 Å². The minimum Gasteiger partial charge on any atom is -0.480 e. The number of thioether (sulfide) groups is 2. The highest BCUT2D eigenvalue weighted by atomic mass is 32.2. The highest BCUT2D eigenvalue weighted by molar-refractivity contribution is 7.98. The highest BCUT2D eigenvalue weighted by Crippen LogP contribution is 2.09. The lowest BCUT2D eigenvalue weighted by Gasteiger charge is -2.26. The second-order valence-electron chi connectivity index (χ2n) is 8.54. The zero-order valence-corrected chi connectivity index (χ0v) is 22.4. The lowest BCUT2D eigenvalue weighted by molar-refractivity contribution is -0.142. The van der Waals surface area contributed by atoms with Crippen LogP contribution in [0.2, 0.25) is 0 Å². The van der Waals surface area contributed by atoms with Crippen molar-refractivity contribution in [1.29, 1.82) is 0 Å². The van der Waals surface area contributed by atoms with E-state index in [-0.39, 0.29) is 18.8 Å². The molecule has 11 heteroatoms. The number of aliphatic carboxylic acids is 1. The van der Waals surface area contributed by atoms with Crippen molar-refractivity contribution >= 4 is 47.2 Å². The van der Waals surface area contributed by atoms with Crippen molar-refractivity contribution in [2.75, 3.05) is 24.0 Å². The zero-order chi connectivity index (χ0) is 26.4. The van der Waals surface area contributed by atoms with Crippen molar-refractivity contribution in [2.45, 2.75) is 57.3 Å². The largest absolute Gasteiger partial charge is 0.480 e. The molecule has 4 unspecified atom stereocenters. The van der Waals surface area contributed by atoms with Gasteiger partial charge in [-0.25, -0.2) is 4.79 Å². The van der Waals surface area contributed by atoms with Crippen LogP contribution in [0.5, 0.6) is 0 Å². The van der Waals surface area contributed by atoms with E-state index in [1.807, 2.05) is 56.7 Å². The molecule has 6 N–H and O–H groups in total. The number of carboxylic acids is 1. The first-order valence-electron chi connectivity index (χ1n) is 11.5. The molecule has 0 aromatic heterocycles. The quantitative estimate of drug-likeness (QED) is 0.216. The number of nitrogens with one attached hydrogen (secondary N) is 3. The van der Waals surface area contributed by atoms with Crippen molar-refractivity contribution in [1.82, 2.24) is 16.0 Å². The van der Waals surface area contributed by atoms with E-state index >= 15 is 0 Å². The average molecular weight is 527 g/mol. The van der Waals surface area contributed by atoms with Gasteiger partial charge in [0, 0.05) is 6.42 Å². The minimum atomic E-state index is -1.13. The van der Waals surface area contributed by atoms with Crippen LogP contribution in [0.4, 0.5) is 0 Å². The molecule has 196 valence electrons. The molecule has 1 aromatic carbocycles. The second kappa shape index (κ2) is 16.4. The van der Waals surface area contributed by atoms with Crippen LogP contribution < -0.4 is 21.7 Å². The van der Waals surface area contributed by atoms with Crippen LogP contribution in [0, 0.1) is 5.92 Å². The summed E-state index contributed by atoms with van der Waals surface area (Å²) in [5, 5.41) is 17.5. The molecule has 0 heterocycles. The van der Waals surface area contributed by atoms with Crippen LogP contribution in [-0.2, 0) is 25.6 Å². The van der Waals surface area contributed by atoms with Gasteiger partial charge in [0.15, 0.2) is 0 Å². The van der Waals surface area contributed by atoms with Crippen molar-refractivity contribution in [3.8, 4) is 0 Å². The number of hydrogen-bond acceptors (Lipinski definition) is 7. The lowest BCUT2D eigenvalue weighted by Crippen LogP contribution is -2.58. The van der Waals surface area contributed by atoms with Gasteiger partial charge in [-0.2, -0.15) is 23.5 Å². The van der Waals surface area contributed by atoms with Crippen molar-refractivity contribution in [3.05, 3.63) is 35.9 Å². The average Bonchev–Trinajstić information content (AvgIpc) is 2.83. The summed E-state index contributed by atoms with van der Waals surface area (Å²) in [4.78, 5) is 50.4. The summed E-state index contributed by atoms with van der Waals surface area (Å²) in [6, 6.07) is 5.47. The smallest absolute Gasteiger partial charge is 0.326 e. The van der Waals surface area contributed by atoms with E-state index in [2.05, 4.69) is 16.0 Å². The Labute approximate surface area is 216 Å². The third-order valence-corrected chi connectivity index (χ3v) is 6.69. The van der Waals surface area contributed by atoms with E-state index in [9.17, 15) is 24.3 Å². The summed E-state index contributed by atoms with van der Waals surface area (Å²) in [6.07, 6.45) is 4.53. The van der Waals surface area contributed by atoms with Gasteiger partial charge < -0.3 is 26.8 Å². The molecule has 4 atom stereocenters. The molecule has 0 spiro atoms. The van der Waals surface area contributed by atoms with Gasteiger partial charge in [-0.05, 0) is 48.3 Å².